The van der Waals surface area contributed by atoms with Crippen LogP contribution in [0.2, 0.25) is 0 Å². The minimum atomic E-state index is 0.704. The molecule has 7 heteroatoms. The fourth-order valence-electron chi connectivity index (χ4n) is 1.29. The van der Waals surface area contributed by atoms with Crippen LogP contribution in [0.4, 0.5) is 0 Å². The molecular formula is C8H4BrN5S. The molecular weight excluding hydrogens is 278 g/mol. The minimum absolute atomic E-state index is 0.704. The summed E-state index contributed by atoms with van der Waals surface area (Å²) in [4.78, 5) is 0. The Hall–Kier alpha value is -1.34. The number of hydrogen-bond acceptors (Lipinski definition) is 5. The lowest BCUT2D eigenvalue weighted by Gasteiger charge is -1.93. The van der Waals surface area contributed by atoms with Crippen molar-refractivity contribution >= 4 is 38.3 Å². The molecule has 3 aromatic rings. The first-order chi connectivity index (χ1) is 7.34. The largest absolute Gasteiger partial charge is 0.235 e. The van der Waals surface area contributed by atoms with E-state index >= 15 is 0 Å². The quantitative estimate of drug-likeness (QED) is 0.685. The third kappa shape index (κ3) is 1.44. The maximum Gasteiger partial charge on any atom is 0.235 e. The van der Waals surface area contributed by atoms with Crippen molar-refractivity contribution in [2.24, 2.45) is 0 Å². The van der Waals surface area contributed by atoms with Gasteiger partial charge in [0.25, 0.3) is 0 Å². The number of nitrogens with zero attached hydrogens (tertiary/aromatic N) is 5. The molecule has 0 aliphatic heterocycles. The van der Waals surface area contributed by atoms with Crippen LogP contribution in [0.15, 0.2) is 28.2 Å². The molecule has 2 aromatic heterocycles. The molecule has 0 amide bonds. The van der Waals surface area contributed by atoms with Gasteiger partial charge in [0, 0.05) is 0 Å². The minimum Gasteiger partial charge on any atom is -0.184 e. The first-order valence-corrected chi connectivity index (χ1v) is 5.75. The van der Waals surface area contributed by atoms with Crippen molar-refractivity contribution in [3.05, 3.63) is 28.2 Å². The fourth-order valence-corrected chi connectivity index (χ4v) is 2.34. The number of hydrogen-bond donors (Lipinski definition) is 0. The van der Waals surface area contributed by atoms with Gasteiger partial charge in [-0.1, -0.05) is 28.7 Å². The van der Waals surface area contributed by atoms with E-state index in [0.717, 1.165) is 15.0 Å². The SMILES string of the molecule is Brc1nnc(-n2nnc3ccccc32)s1. The highest BCUT2D eigenvalue weighted by molar-refractivity contribution is 9.11. The van der Waals surface area contributed by atoms with Gasteiger partial charge in [0.05, 0.1) is 5.52 Å². The van der Waals surface area contributed by atoms with Gasteiger partial charge < -0.3 is 0 Å². The van der Waals surface area contributed by atoms with Gasteiger partial charge in [0.15, 0.2) is 3.92 Å². The van der Waals surface area contributed by atoms with Crippen LogP contribution in [0.5, 0.6) is 0 Å². The lowest BCUT2D eigenvalue weighted by Crippen LogP contribution is -1.95. The van der Waals surface area contributed by atoms with Crippen molar-refractivity contribution < 1.29 is 0 Å². The second-order valence-electron chi connectivity index (χ2n) is 2.83. The molecule has 0 saturated carbocycles. The van der Waals surface area contributed by atoms with Crippen LogP contribution in [-0.4, -0.2) is 25.2 Å². The Kier molecular flexibility index (Phi) is 2.00. The molecule has 0 N–H and O–H groups in total. The summed E-state index contributed by atoms with van der Waals surface area (Å²) >= 11 is 4.68. The van der Waals surface area contributed by atoms with Gasteiger partial charge in [0.1, 0.15) is 5.52 Å². The highest BCUT2D eigenvalue weighted by Crippen LogP contribution is 2.21. The molecule has 0 radical (unpaired) electrons. The number of fused-ring (bicyclic) bond motifs is 1. The van der Waals surface area contributed by atoms with Crippen LogP contribution in [0, 0.1) is 0 Å². The standard InChI is InChI=1S/C8H4BrN5S/c9-7-11-12-8(15-7)14-6-4-2-1-3-5(6)10-13-14/h1-4H. The molecule has 15 heavy (non-hydrogen) atoms. The lowest BCUT2D eigenvalue weighted by molar-refractivity contribution is 0.803. The molecule has 0 spiro atoms. The number of aromatic nitrogens is 5. The second-order valence-corrected chi connectivity index (χ2v) is 5.06. The van der Waals surface area contributed by atoms with E-state index in [1.165, 1.54) is 11.3 Å². The monoisotopic (exact) mass is 281 g/mol. The summed E-state index contributed by atoms with van der Waals surface area (Å²) in [6, 6.07) is 7.73. The van der Waals surface area contributed by atoms with E-state index in [1.807, 2.05) is 24.3 Å². The van der Waals surface area contributed by atoms with E-state index in [1.54, 1.807) is 4.68 Å². The molecule has 2 heterocycles. The van der Waals surface area contributed by atoms with Gasteiger partial charge in [-0.3, -0.25) is 0 Å². The zero-order valence-electron chi connectivity index (χ0n) is 7.33. The summed E-state index contributed by atoms with van der Waals surface area (Å²) in [5.74, 6) is 0. The molecule has 0 bridgehead atoms. The van der Waals surface area contributed by atoms with Crippen LogP contribution >= 0.6 is 27.3 Å². The Morgan fingerprint density at radius 2 is 2.00 bits per heavy atom. The third-order valence-electron chi connectivity index (χ3n) is 1.92. The summed E-state index contributed by atoms with van der Waals surface area (Å²) in [5.41, 5.74) is 1.78. The summed E-state index contributed by atoms with van der Waals surface area (Å²) in [6.07, 6.45) is 0. The van der Waals surface area contributed by atoms with Crippen molar-refractivity contribution in [3.8, 4) is 5.13 Å². The van der Waals surface area contributed by atoms with Crippen molar-refractivity contribution in [2.75, 3.05) is 0 Å². The van der Waals surface area contributed by atoms with Crippen molar-refractivity contribution in [1.29, 1.82) is 0 Å². The maximum absolute atomic E-state index is 4.04. The van der Waals surface area contributed by atoms with Crippen molar-refractivity contribution in [1.82, 2.24) is 25.2 Å². The molecule has 0 saturated heterocycles. The molecule has 74 valence electrons. The number of benzene rings is 1. The summed E-state index contributed by atoms with van der Waals surface area (Å²) in [7, 11) is 0. The lowest BCUT2D eigenvalue weighted by atomic mass is 10.3. The van der Waals surface area contributed by atoms with Crippen molar-refractivity contribution in [2.45, 2.75) is 0 Å². The van der Waals surface area contributed by atoms with Crippen LogP contribution in [-0.2, 0) is 0 Å². The van der Waals surface area contributed by atoms with Crippen LogP contribution in [0.1, 0.15) is 0 Å². The normalized spacial score (nSPS) is 11.0. The first-order valence-electron chi connectivity index (χ1n) is 4.14. The van der Waals surface area contributed by atoms with E-state index in [-0.39, 0.29) is 0 Å². The second kappa shape index (κ2) is 3.35. The van der Waals surface area contributed by atoms with Gasteiger partial charge in [-0.05, 0) is 28.1 Å². The van der Waals surface area contributed by atoms with Gasteiger partial charge in [-0.2, -0.15) is 4.68 Å². The van der Waals surface area contributed by atoms with E-state index in [4.69, 9.17) is 0 Å². The summed E-state index contributed by atoms with van der Waals surface area (Å²) in [6.45, 7) is 0. The number of para-hydroxylation sites is 1. The zero-order valence-corrected chi connectivity index (χ0v) is 9.73. The van der Waals surface area contributed by atoms with Crippen LogP contribution in [0.3, 0.4) is 0 Å². The average molecular weight is 282 g/mol. The molecule has 0 unspecified atom stereocenters. The van der Waals surface area contributed by atoms with Crippen LogP contribution < -0.4 is 0 Å². The van der Waals surface area contributed by atoms with Crippen molar-refractivity contribution in [3.63, 3.8) is 0 Å². The highest BCUT2D eigenvalue weighted by Gasteiger charge is 2.09. The molecule has 5 nitrogen and oxygen atoms in total. The van der Waals surface area contributed by atoms with E-state index in [2.05, 4.69) is 36.4 Å². The summed E-state index contributed by atoms with van der Waals surface area (Å²) < 4.78 is 2.41. The highest BCUT2D eigenvalue weighted by atomic mass is 79.9. The van der Waals surface area contributed by atoms with E-state index < -0.39 is 0 Å². The zero-order chi connectivity index (χ0) is 10.3. The van der Waals surface area contributed by atoms with Gasteiger partial charge in [0.2, 0.25) is 5.13 Å². The first kappa shape index (κ1) is 8.93. The number of rotatable bonds is 1. The molecule has 3 rings (SSSR count). The van der Waals surface area contributed by atoms with E-state index in [0.29, 0.717) is 5.13 Å². The van der Waals surface area contributed by atoms with Gasteiger partial charge in [-0.15, -0.1) is 15.3 Å². The maximum atomic E-state index is 4.04. The molecule has 0 atom stereocenters. The summed E-state index contributed by atoms with van der Waals surface area (Å²) in [5, 5.41) is 16.6. The van der Waals surface area contributed by atoms with Gasteiger partial charge >= 0.3 is 0 Å². The predicted molar refractivity (Wildman–Crippen MR) is 60.0 cm³/mol. The Labute approximate surface area is 96.9 Å². The molecule has 0 fully saturated rings. The fraction of sp³-hybridized carbons (Fsp3) is 0. The smallest absolute Gasteiger partial charge is 0.184 e. The predicted octanol–water partition coefficient (Wildman–Crippen LogP) is 2.03. The van der Waals surface area contributed by atoms with E-state index in [9.17, 15) is 0 Å². The Morgan fingerprint density at radius 1 is 1.13 bits per heavy atom. The molecule has 0 aliphatic rings. The van der Waals surface area contributed by atoms with Gasteiger partial charge in [-0.25, -0.2) is 0 Å². The molecule has 0 aliphatic carbocycles. The Bertz CT molecular complexity index is 616. The van der Waals surface area contributed by atoms with Crippen LogP contribution in [0.25, 0.3) is 16.2 Å². The Balaban J connectivity index is 2.27. The number of halogens is 1. The third-order valence-corrected chi connectivity index (χ3v) is 3.25. The topological polar surface area (TPSA) is 56.5 Å². The Morgan fingerprint density at radius 3 is 2.80 bits per heavy atom. The average Bonchev–Trinajstić information content (AvgIpc) is 2.83. The molecule has 1 aromatic carbocycles.